The molecule has 0 aliphatic carbocycles. The molecule has 1 aromatic rings. The third-order valence-electron chi connectivity index (χ3n) is 1.97. The van der Waals surface area contributed by atoms with Gasteiger partial charge in [0.2, 0.25) is 0 Å². The van der Waals surface area contributed by atoms with Crippen LogP contribution in [0.15, 0.2) is 29.2 Å². The second kappa shape index (κ2) is 4.73. The summed E-state index contributed by atoms with van der Waals surface area (Å²) >= 11 is 5.62. The van der Waals surface area contributed by atoms with Crippen molar-refractivity contribution in [2.24, 2.45) is 0 Å². The molecule has 5 heteroatoms. The van der Waals surface area contributed by atoms with Crippen molar-refractivity contribution in [2.75, 3.05) is 5.88 Å². The zero-order chi connectivity index (χ0) is 12.4. The molecule has 0 amide bonds. The van der Waals surface area contributed by atoms with Crippen LogP contribution >= 0.6 is 11.6 Å². The average molecular weight is 263 g/mol. The van der Waals surface area contributed by atoms with Gasteiger partial charge < -0.3 is 0 Å². The van der Waals surface area contributed by atoms with E-state index in [0.717, 1.165) is 5.56 Å². The van der Waals surface area contributed by atoms with Crippen LogP contribution in [0.3, 0.4) is 0 Å². The molecule has 90 valence electrons. The van der Waals surface area contributed by atoms with E-state index in [1.807, 2.05) is 6.92 Å². The van der Waals surface area contributed by atoms with Crippen molar-refractivity contribution in [2.45, 2.75) is 31.3 Å². The van der Waals surface area contributed by atoms with Gasteiger partial charge in [0.1, 0.15) is 0 Å². The van der Waals surface area contributed by atoms with Gasteiger partial charge in [-0.3, -0.25) is 4.18 Å². The number of aryl methyl sites for hydroxylation is 1. The van der Waals surface area contributed by atoms with E-state index in [1.165, 1.54) is 12.1 Å². The molecule has 0 heterocycles. The summed E-state index contributed by atoms with van der Waals surface area (Å²) < 4.78 is 28.7. The highest BCUT2D eigenvalue weighted by Crippen LogP contribution is 2.21. The molecule has 0 spiro atoms. The van der Waals surface area contributed by atoms with Gasteiger partial charge in [-0.2, -0.15) is 8.42 Å². The summed E-state index contributed by atoms with van der Waals surface area (Å²) in [5.74, 6) is 0.109. The standard InChI is InChI=1S/C11H15ClO3S/c1-9-4-6-10(7-5-9)16(13,14)15-11(2,3)8-12/h4-7H,8H2,1-3H3. The third kappa shape index (κ3) is 3.47. The molecule has 0 saturated heterocycles. The molecule has 0 aromatic heterocycles. The normalized spacial score (nSPS) is 12.8. The molecule has 0 fully saturated rings. The maximum atomic E-state index is 11.8. The van der Waals surface area contributed by atoms with Crippen molar-refractivity contribution in [3.8, 4) is 0 Å². The van der Waals surface area contributed by atoms with Crippen LogP contribution in [-0.2, 0) is 14.3 Å². The second-order valence-corrected chi connectivity index (χ2v) is 6.06. The zero-order valence-electron chi connectivity index (χ0n) is 9.53. The lowest BCUT2D eigenvalue weighted by Gasteiger charge is -2.21. The van der Waals surface area contributed by atoms with E-state index < -0.39 is 15.7 Å². The van der Waals surface area contributed by atoms with Gasteiger partial charge in [0.25, 0.3) is 10.1 Å². The molecule has 0 saturated carbocycles. The van der Waals surface area contributed by atoms with Crippen LogP contribution in [0.5, 0.6) is 0 Å². The van der Waals surface area contributed by atoms with E-state index >= 15 is 0 Å². The quantitative estimate of drug-likeness (QED) is 0.619. The van der Waals surface area contributed by atoms with E-state index in [1.54, 1.807) is 26.0 Å². The van der Waals surface area contributed by atoms with Crippen molar-refractivity contribution in [3.63, 3.8) is 0 Å². The van der Waals surface area contributed by atoms with Crippen LogP contribution in [0.4, 0.5) is 0 Å². The number of halogens is 1. The molecule has 0 bridgehead atoms. The summed E-state index contributed by atoms with van der Waals surface area (Å²) in [5.41, 5.74) is 0.0983. The van der Waals surface area contributed by atoms with E-state index in [2.05, 4.69) is 0 Å². The minimum Gasteiger partial charge on any atom is -0.259 e. The predicted molar refractivity (Wildman–Crippen MR) is 64.2 cm³/mol. The van der Waals surface area contributed by atoms with E-state index in [0.29, 0.717) is 0 Å². The molecule has 3 nitrogen and oxygen atoms in total. The van der Waals surface area contributed by atoms with E-state index in [-0.39, 0.29) is 10.8 Å². The van der Waals surface area contributed by atoms with Gasteiger partial charge in [-0.1, -0.05) is 17.7 Å². The molecular weight excluding hydrogens is 248 g/mol. The Bertz CT molecular complexity index is 449. The first-order valence-electron chi connectivity index (χ1n) is 4.85. The summed E-state index contributed by atoms with van der Waals surface area (Å²) in [7, 11) is -3.73. The van der Waals surface area contributed by atoms with Crippen molar-refractivity contribution < 1.29 is 12.6 Å². The van der Waals surface area contributed by atoms with Crippen molar-refractivity contribution in [3.05, 3.63) is 29.8 Å². The van der Waals surface area contributed by atoms with Gasteiger partial charge in [-0.05, 0) is 32.9 Å². The minimum absolute atomic E-state index is 0.109. The Morgan fingerprint density at radius 1 is 1.25 bits per heavy atom. The number of rotatable bonds is 4. The highest BCUT2D eigenvalue weighted by molar-refractivity contribution is 7.86. The molecule has 0 aliphatic rings. The lowest BCUT2D eigenvalue weighted by molar-refractivity contribution is 0.143. The largest absolute Gasteiger partial charge is 0.297 e. The van der Waals surface area contributed by atoms with Crippen LogP contribution in [-0.4, -0.2) is 19.9 Å². The monoisotopic (exact) mass is 262 g/mol. The average Bonchev–Trinajstić information content (AvgIpc) is 2.17. The molecule has 0 radical (unpaired) electrons. The van der Waals surface area contributed by atoms with E-state index in [9.17, 15) is 8.42 Å². The Balaban J connectivity index is 2.99. The fraction of sp³-hybridized carbons (Fsp3) is 0.455. The molecular formula is C11H15ClO3S. The number of benzene rings is 1. The first kappa shape index (κ1) is 13.5. The SMILES string of the molecule is Cc1ccc(S(=O)(=O)OC(C)(C)CCl)cc1. The summed E-state index contributed by atoms with van der Waals surface area (Å²) in [6.07, 6.45) is 0. The minimum atomic E-state index is -3.73. The number of alkyl halides is 1. The predicted octanol–water partition coefficient (Wildman–Crippen LogP) is 2.72. The van der Waals surface area contributed by atoms with Gasteiger partial charge >= 0.3 is 0 Å². The molecule has 1 aromatic carbocycles. The molecule has 0 N–H and O–H groups in total. The van der Waals surface area contributed by atoms with Gasteiger partial charge in [0.15, 0.2) is 0 Å². The smallest absolute Gasteiger partial charge is 0.259 e. The van der Waals surface area contributed by atoms with Gasteiger partial charge in [0.05, 0.1) is 16.4 Å². The summed E-state index contributed by atoms with van der Waals surface area (Å²) in [5, 5.41) is 0. The molecule has 1 rings (SSSR count). The number of hydrogen-bond donors (Lipinski definition) is 0. The lowest BCUT2D eigenvalue weighted by Crippen LogP contribution is -2.29. The van der Waals surface area contributed by atoms with Gasteiger partial charge in [-0.25, -0.2) is 0 Å². The van der Waals surface area contributed by atoms with Crippen molar-refractivity contribution in [1.82, 2.24) is 0 Å². The van der Waals surface area contributed by atoms with Crippen LogP contribution in [0, 0.1) is 6.92 Å². The Kier molecular flexibility index (Phi) is 3.99. The Hall–Kier alpha value is -0.580. The van der Waals surface area contributed by atoms with Crippen LogP contribution in [0.2, 0.25) is 0 Å². The zero-order valence-corrected chi connectivity index (χ0v) is 11.1. The van der Waals surface area contributed by atoms with Gasteiger partial charge in [0, 0.05) is 0 Å². The topological polar surface area (TPSA) is 43.4 Å². The summed E-state index contributed by atoms with van der Waals surface area (Å²) in [4.78, 5) is 0.149. The molecule has 0 aliphatic heterocycles. The summed E-state index contributed by atoms with van der Waals surface area (Å²) in [6, 6.07) is 6.50. The van der Waals surface area contributed by atoms with Gasteiger partial charge in [-0.15, -0.1) is 11.6 Å². The second-order valence-electron chi connectivity index (χ2n) is 4.24. The molecule has 0 atom stereocenters. The highest BCUT2D eigenvalue weighted by atomic mass is 35.5. The highest BCUT2D eigenvalue weighted by Gasteiger charge is 2.27. The third-order valence-corrected chi connectivity index (χ3v) is 4.13. The van der Waals surface area contributed by atoms with Crippen LogP contribution in [0.1, 0.15) is 19.4 Å². The fourth-order valence-corrected chi connectivity index (χ4v) is 2.41. The van der Waals surface area contributed by atoms with Crippen molar-refractivity contribution in [1.29, 1.82) is 0 Å². The van der Waals surface area contributed by atoms with E-state index in [4.69, 9.17) is 15.8 Å². The maximum absolute atomic E-state index is 11.8. The fourth-order valence-electron chi connectivity index (χ4n) is 1.07. The molecule has 16 heavy (non-hydrogen) atoms. The number of hydrogen-bond acceptors (Lipinski definition) is 3. The lowest BCUT2D eigenvalue weighted by atomic mass is 10.2. The maximum Gasteiger partial charge on any atom is 0.297 e. The Morgan fingerprint density at radius 3 is 2.19 bits per heavy atom. The van der Waals surface area contributed by atoms with Crippen LogP contribution < -0.4 is 0 Å². The van der Waals surface area contributed by atoms with Crippen LogP contribution in [0.25, 0.3) is 0 Å². The first-order chi connectivity index (χ1) is 7.27. The molecule has 0 unspecified atom stereocenters. The summed E-state index contributed by atoms with van der Waals surface area (Å²) in [6.45, 7) is 5.15. The Labute approximate surface area is 102 Å². The van der Waals surface area contributed by atoms with Crippen molar-refractivity contribution >= 4 is 21.7 Å². The Morgan fingerprint density at radius 2 is 1.75 bits per heavy atom. The first-order valence-corrected chi connectivity index (χ1v) is 6.79.